The number of nitrogens with zero attached hydrogens (tertiary/aromatic N) is 3. The molecule has 0 saturated carbocycles. The van der Waals surface area contributed by atoms with Crippen molar-refractivity contribution < 1.29 is 9.72 Å². The van der Waals surface area contributed by atoms with Crippen LogP contribution in [0, 0.1) is 16.0 Å². The highest BCUT2D eigenvalue weighted by Gasteiger charge is 2.26. The number of fused-ring (bicyclic) bond motifs is 1. The molecule has 1 atom stereocenters. The molecular formula is C16H18N6O3. The fourth-order valence-electron chi connectivity index (χ4n) is 2.66. The van der Waals surface area contributed by atoms with Crippen LogP contribution in [0.4, 0.5) is 5.69 Å². The van der Waals surface area contributed by atoms with Crippen LogP contribution in [0.15, 0.2) is 30.5 Å². The van der Waals surface area contributed by atoms with Crippen LogP contribution in [0.25, 0.3) is 11.0 Å². The minimum absolute atomic E-state index is 0.171. The van der Waals surface area contributed by atoms with Crippen molar-refractivity contribution in [1.82, 2.24) is 25.5 Å². The Hall–Kier alpha value is -3.23. The van der Waals surface area contributed by atoms with Gasteiger partial charge in [0.2, 0.25) is 5.69 Å². The van der Waals surface area contributed by atoms with Crippen molar-refractivity contribution >= 4 is 22.6 Å². The van der Waals surface area contributed by atoms with Crippen LogP contribution in [-0.4, -0.2) is 31.0 Å². The summed E-state index contributed by atoms with van der Waals surface area (Å²) in [5, 5.41) is 19.8. The topological polar surface area (TPSA) is 130 Å². The van der Waals surface area contributed by atoms with E-state index in [1.165, 1.54) is 0 Å². The van der Waals surface area contributed by atoms with Gasteiger partial charge in [-0.3, -0.25) is 20.0 Å². The second-order valence-electron chi connectivity index (χ2n) is 6.18. The lowest BCUT2D eigenvalue weighted by molar-refractivity contribution is -0.385. The van der Waals surface area contributed by atoms with Crippen molar-refractivity contribution in [2.75, 3.05) is 0 Å². The first kappa shape index (κ1) is 16.6. The molecule has 3 N–H and O–H groups in total. The standard InChI is InChI=1S/C16H18N6O3/c1-9(2)7-12(15-18-10-5-3-4-6-11(10)19-15)20-16(23)14-13(22(24)25)8-17-21-14/h3-6,8-9,12H,7H2,1-2H3,(H,17,21)(H,18,19)(H,20,23). The van der Waals surface area contributed by atoms with E-state index in [-0.39, 0.29) is 17.3 Å². The van der Waals surface area contributed by atoms with Crippen LogP contribution in [0.3, 0.4) is 0 Å². The number of aromatic nitrogens is 4. The van der Waals surface area contributed by atoms with Crippen molar-refractivity contribution in [1.29, 1.82) is 0 Å². The summed E-state index contributed by atoms with van der Waals surface area (Å²) < 4.78 is 0. The first-order valence-corrected chi connectivity index (χ1v) is 7.89. The van der Waals surface area contributed by atoms with Crippen LogP contribution in [0.1, 0.15) is 42.6 Å². The zero-order valence-electron chi connectivity index (χ0n) is 13.8. The number of para-hydroxylation sites is 2. The number of rotatable bonds is 6. The van der Waals surface area contributed by atoms with E-state index in [4.69, 9.17) is 0 Å². The fourth-order valence-corrected chi connectivity index (χ4v) is 2.66. The van der Waals surface area contributed by atoms with E-state index in [1.807, 2.05) is 38.1 Å². The molecule has 0 aliphatic carbocycles. The molecule has 0 bridgehead atoms. The maximum Gasteiger partial charge on any atom is 0.319 e. The van der Waals surface area contributed by atoms with Gasteiger partial charge in [-0.1, -0.05) is 26.0 Å². The highest BCUT2D eigenvalue weighted by atomic mass is 16.6. The second-order valence-corrected chi connectivity index (χ2v) is 6.18. The predicted molar refractivity (Wildman–Crippen MR) is 91.0 cm³/mol. The maximum atomic E-state index is 12.5. The van der Waals surface area contributed by atoms with Crippen molar-refractivity contribution in [2.24, 2.45) is 5.92 Å². The Bertz CT molecular complexity index is 880. The normalized spacial score (nSPS) is 12.4. The number of carbonyl (C=O) groups excluding carboxylic acids is 1. The number of nitrogens with one attached hydrogen (secondary N) is 3. The molecule has 2 heterocycles. The van der Waals surface area contributed by atoms with Crippen molar-refractivity contribution in [3.63, 3.8) is 0 Å². The van der Waals surface area contributed by atoms with Crippen molar-refractivity contribution in [2.45, 2.75) is 26.3 Å². The molecule has 1 unspecified atom stereocenters. The van der Waals surface area contributed by atoms with Crippen molar-refractivity contribution in [3.8, 4) is 0 Å². The maximum absolute atomic E-state index is 12.5. The summed E-state index contributed by atoms with van der Waals surface area (Å²) in [6, 6.07) is 7.16. The molecule has 9 heteroatoms. The lowest BCUT2D eigenvalue weighted by atomic mass is 10.0. The number of hydrogen-bond donors (Lipinski definition) is 3. The third kappa shape index (κ3) is 3.49. The largest absolute Gasteiger partial charge is 0.341 e. The lowest BCUT2D eigenvalue weighted by Gasteiger charge is -2.18. The number of aromatic amines is 2. The zero-order valence-corrected chi connectivity index (χ0v) is 13.8. The van der Waals surface area contributed by atoms with E-state index in [0.717, 1.165) is 17.2 Å². The van der Waals surface area contributed by atoms with Crippen LogP contribution in [0.2, 0.25) is 0 Å². The van der Waals surface area contributed by atoms with Gasteiger partial charge in [-0.15, -0.1) is 0 Å². The summed E-state index contributed by atoms with van der Waals surface area (Å²) >= 11 is 0. The summed E-state index contributed by atoms with van der Waals surface area (Å²) in [6.45, 7) is 4.06. The average Bonchev–Trinajstić information content (AvgIpc) is 3.20. The summed E-state index contributed by atoms with van der Waals surface area (Å²) in [5.74, 6) is 0.316. The molecule has 3 aromatic rings. The molecule has 0 aliphatic rings. The predicted octanol–water partition coefficient (Wildman–Crippen LogP) is 2.71. The molecule has 0 spiro atoms. The van der Waals surface area contributed by atoms with Crippen LogP contribution < -0.4 is 5.32 Å². The summed E-state index contributed by atoms with van der Waals surface area (Å²) in [6.07, 6.45) is 1.65. The fraction of sp³-hybridized carbons (Fsp3) is 0.312. The summed E-state index contributed by atoms with van der Waals surface area (Å²) in [4.78, 5) is 30.6. The van der Waals surface area contributed by atoms with E-state index in [9.17, 15) is 14.9 Å². The minimum atomic E-state index is -0.642. The Kier molecular flexibility index (Phi) is 4.46. The van der Waals surface area contributed by atoms with Gasteiger partial charge in [0, 0.05) is 0 Å². The van der Waals surface area contributed by atoms with Gasteiger partial charge in [0.05, 0.1) is 22.0 Å². The smallest absolute Gasteiger partial charge is 0.319 e. The number of imidazole rings is 1. The highest BCUT2D eigenvalue weighted by Crippen LogP contribution is 2.23. The Morgan fingerprint density at radius 2 is 2.12 bits per heavy atom. The van der Waals surface area contributed by atoms with Crippen LogP contribution in [-0.2, 0) is 0 Å². The van der Waals surface area contributed by atoms with Gasteiger partial charge in [0.1, 0.15) is 12.0 Å². The first-order valence-electron chi connectivity index (χ1n) is 7.89. The van der Waals surface area contributed by atoms with Crippen LogP contribution in [0.5, 0.6) is 0 Å². The van der Waals surface area contributed by atoms with Gasteiger partial charge >= 0.3 is 5.69 Å². The van der Waals surface area contributed by atoms with E-state index < -0.39 is 16.9 Å². The minimum Gasteiger partial charge on any atom is -0.341 e. The molecule has 1 amide bonds. The number of nitro groups is 1. The molecular weight excluding hydrogens is 324 g/mol. The third-order valence-corrected chi connectivity index (χ3v) is 3.79. The van der Waals surface area contributed by atoms with E-state index in [2.05, 4.69) is 25.5 Å². The SMILES string of the molecule is CC(C)CC(NC(=O)c1[nH]ncc1[N+](=O)[O-])c1nc2ccccc2[nH]1. The summed E-state index contributed by atoms with van der Waals surface area (Å²) in [7, 11) is 0. The summed E-state index contributed by atoms with van der Waals surface area (Å²) in [5.41, 5.74) is 1.14. The number of H-pyrrole nitrogens is 2. The molecule has 9 nitrogen and oxygen atoms in total. The molecule has 130 valence electrons. The monoisotopic (exact) mass is 342 g/mol. The first-order chi connectivity index (χ1) is 12.0. The van der Waals surface area contributed by atoms with Gasteiger partial charge in [0.15, 0.2) is 0 Å². The van der Waals surface area contributed by atoms with E-state index in [1.54, 1.807) is 0 Å². The quantitative estimate of drug-likeness (QED) is 0.468. The molecule has 0 fully saturated rings. The zero-order chi connectivity index (χ0) is 18.0. The van der Waals surface area contributed by atoms with Gasteiger partial charge in [-0.2, -0.15) is 5.10 Å². The van der Waals surface area contributed by atoms with Gasteiger partial charge < -0.3 is 10.3 Å². The average molecular weight is 342 g/mol. The number of hydrogen-bond acceptors (Lipinski definition) is 5. The molecule has 0 aliphatic heterocycles. The lowest BCUT2D eigenvalue weighted by Crippen LogP contribution is -2.31. The highest BCUT2D eigenvalue weighted by molar-refractivity contribution is 5.96. The Labute approximate surface area is 143 Å². The van der Waals surface area contributed by atoms with E-state index in [0.29, 0.717) is 12.2 Å². The van der Waals surface area contributed by atoms with Gasteiger partial charge in [-0.25, -0.2) is 4.98 Å². The van der Waals surface area contributed by atoms with Gasteiger partial charge in [0.25, 0.3) is 5.91 Å². The van der Waals surface area contributed by atoms with Gasteiger partial charge in [-0.05, 0) is 24.5 Å². The third-order valence-electron chi connectivity index (χ3n) is 3.79. The number of amides is 1. The van der Waals surface area contributed by atoms with Crippen LogP contribution >= 0.6 is 0 Å². The Balaban J connectivity index is 1.89. The molecule has 0 saturated heterocycles. The molecule has 1 aromatic carbocycles. The number of benzene rings is 1. The Morgan fingerprint density at radius 1 is 1.36 bits per heavy atom. The van der Waals surface area contributed by atoms with E-state index >= 15 is 0 Å². The molecule has 3 rings (SSSR count). The van der Waals surface area contributed by atoms with Crippen molar-refractivity contribution in [3.05, 3.63) is 52.1 Å². The number of carbonyl (C=O) groups is 1. The molecule has 25 heavy (non-hydrogen) atoms. The molecule has 2 aromatic heterocycles. The Morgan fingerprint density at radius 3 is 2.80 bits per heavy atom. The second kappa shape index (κ2) is 6.71. The molecule has 0 radical (unpaired) electrons.